The van der Waals surface area contributed by atoms with Crippen molar-refractivity contribution in [2.24, 2.45) is 0 Å². The van der Waals surface area contributed by atoms with Crippen molar-refractivity contribution in [1.29, 1.82) is 0 Å². The highest BCUT2D eigenvalue weighted by atomic mass is 35.5. The number of fused-ring (bicyclic) bond motifs is 1. The molecule has 0 aromatic rings. The van der Waals surface area contributed by atoms with Crippen LogP contribution in [0.15, 0.2) is 6.07 Å². The zero-order chi connectivity index (χ0) is 7.14. The van der Waals surface area contributed by atoms with Gasteiger partial charge >= 0.3 is 0 Å². The van der Waals surface area contributed by atoms with Gasteiger partial charge < -0.3 is 0 Å². The summed E-state index contributed by atoms with van der Waals surface area (Å²) in [6.45, 7) is 0. The first-order valence-corrected chi connectivity index (χ1v) is 5.34. The van der Waals surface area contributed by atoms with Crippen LogP contribution in [0.2, 0.25) is 10.0 Å². The number of rotatable bonds is 0. The van der Waals surface area contributed by atoms with Crippen LogP contribution in [-0.2, 0) is 0 Å². The molecule has 0 N–H and O–H groups in total. The van der Waals surface area contributed by atoms with Crippen molar-refractivity contribution in [3.05, 3.63) is 16.1 Å². The van der Waals surface area contributed by atoms with Gasteiger partial charge in [0.05, 0.1) is 20.6 Å². The summed E-state index contributed by atoms with van der Waals surface area (Å²) in [7, 11) is 2.98. The molecule has 0 fully saturated rings. The van der Waals surface area contributed by atoms with Gasteiger partial charge in [-0.3, -0.25) is 0 Å². The van der Waals surface area contributed by atoms with Crippen molar-refractivity contribution in [2.75, 3.05) is 0 Å². The Kier molecular flexibility index (Phi) is 1.60. The fourth-order valence-electron chi connectivity index (χ4n) is 0.713. The number of halogens is 2. The van der Waals surface area contributed by atoms with E-state index in [4.69, 9.17) is 23.2 Å². The fourth-order valence-corrected chi connectivity index (χ4v) is 3.22. The fraction of sp³-hybridized carbons (Fsp3) is 0. The first kappa shape index (κ1) is 6.85. The summed E-state index contributed by atoms with van der Waals surface area (Å²) in [6, 6.07) is 1.78. The lowest BCUT2D eigenvalue weighted by atomic mass is 10.5. The molecule has 2 aliphatic rings. The Bertz CT molecular complexity index is 327. The molecule has 0 aromatic carbocycles. The average molecular weight is 210 g/mol. The molecular formula is C5HCl2NS2. The normalized spacial score (nSPS) is 11.0. The zero-order valence-electron chi connectivity index (χ0n) is 4.60. The van der Waals surface area contributed by atoms with Gasteiger partial charge in [0.2, 0.25) is 0 Å². The van der Waals surface area contributed by atoms with Crippen molar-refractivity contribution < 1.29 is 0 Å². The molecule has 1 nitrogen and oxygen atoms in total. The molecule has 0 saturated heterocycles. The smallest absolute Gasteiger partial charge is 0.0980 e. The van der Waals surface area contributed by atoms with Crippen LogP contribution in [0.25, 0.3) is 10.6 Å². The standard InChI is InChI=1S/C5HCl2NS2/c6-2-1-3-5(4(2)7)9-10-8-3/h1H. The molecule has 1 aliphatic heterocycles. The van der Waals surface area contributed by atoms with Crippen LogP contribution in [0.1, 0.15) is 0 Å². The number of aromatic nitrogens is 1. The molecule has 5 heteroatoms. The van der Waals surface area contributed by atoms with Crippen LogP contribution in [0, 0.1) is 0 Å². The van der Waals surface area contributed by atoms with Crippen molar-refractivity contribution >= 4 is 44.1 Å². The molecule has 0 atom stereocenters. The maximum atomic E-state index is 5.83. The number of nitrogens with zero attached hydrogens (tertiary/aromatic N) is 1. The minimum atomic E-state index is 0.600. The number of hydrogen-bond acceptors (Lipinski definition) is 3. The Morgan fingerprint density at radius 3 is 2.90 bits per heavy atom. The van der Waals surface area contributed by atoms with E-state index in [-0.39, 0.29) is 0 Å². The lowest BCUT2D eigenvalue weighted by molar-refractivity contribution is 1.59. The Balaban J connectivity index is 2.80. The van der Waals surface area contributed by atoms with Crippen LogP contribution in [0.3, 0.4) is 0 Å². The second-order valence-corrected chi connectivity index (χ2v) is 4.41. The van der Waals surface area contributed by atoms with Gasteiger partial charge in [0, 0.05) is 10.5 Å². The van der Waals surface area contributed by atoms with E-state index in [1.54, 1.807) is 16.4 Å². The van der Waals surface area contributed by atoms with Crippen LogP contribution >= 0.6 is 44.1 Å². The predicted octanol–water partition coefficient (Wildman–Crippen LogP) is 3.62. The molecule has 0 amide bonds. The van der Waals surface area contributed by atoms with Crippen LogP contribution in [0.5, 0.6) is 0 Å². The van der Waals surface area contributed by atoms with E-state index in [0.29, 0.717) is 10.0 Å². The third kappa shape index (κ3) is 0.855. The van der Waals surface area contributed by atoms with Gasteiger partial charge in [0.15, 0.2) is 0 Å². The molecule has 1 aliphatic carbocycles. The molecule has 52 valence electrons. The van der Waals surface area contributed by atoms with Crippen molar-refractivity contribution in [3.8, 4) is 10.6 Å². The van der Waals surface area contributed by atoms with E-state index >= 15 is 0 Å². The lowest BCUT2D eigenvalue weighted by Gasteiger charge is -1.81. The van der Waals surface area contributed by atoms with Gasteiger partial charge in [0.1, 0.15) is 0 Å². The Hall–Kier alpha value is 0.170. The molecule has 0 spiro atoms. The first-order valence-electron chi connectivity index (χ1n) is 2.48. The molecule has 10 heavy (non-hydrogen) atoms. The van der Waals surface area contributed by atoms with Crippen molar-refractivity contribution in [1.82, 2.24) is 4.37 Å². The molecule has 0 unspecified atom stereocenters. The summed E-state index contributed by atoms with van der Waals surface area (Å²) in [5, 5.41) is 1.23. The molecule has 0 bridgehead atoms. The van der Waals surface area contributed by atoms with E-state index < -0.39 is 0 Å². The van der Waals surface area contributed by atoms with Gasteiger partial charge in [-0.15, -0.1) is 0 Å². The van der Waals surface area contributed by atoms with Crippen molar-refractivity contribution in [2.45, 2.75) is 0 Å². The molecule has 2 rings (SSSR count). The van der Waals surface area contributed by atoms with Crippen LogP contribution in [0.4, 0.5) is 0 Å². The molecule has 0 aromatic heterocycles. The predicted molar refractivity (Wildman–Crippen MR) is 46.6 cm³/mol. The molecular weight excluding hydrogens is 209 g/mol. The summed E-state index contributed by atoms with van der Waals surface area (Å²) in [5.41, 5.74) is 0.907. The van der Waals surface area contributed by atoms with E-state index in [0.717, 1.165) is 10.6 Å². The van der Waals surface area contributed by atoms with Crippen molar-refractivity contribution in [3.63, 3.8) is 0 Å². The summed E-state index contributed by atoms with van der Waals surface area (Å²) in [4.78, 5) is 0.997. The Morgan fingerprint density at radius 1 is 1.40 bits per heavy atom. The topological polar surface area (TPSA) is 12.9 Å². The summed E-state index contributed by atoms with van der Waals surface area (Å²) < 4.78 is 4.09. The second-order valence-electron chi connectivity index (χ2n) is 1.77. The van der Waals surface area contributed by atoms with Gasteiger partial charge in [-0.2, -0.15) is 4.37 Å². The first-order chi connectivity index (χ1) is 4.79. The van der Waals surface area contributed by atoms with Gasteiger partial charge in [0.25, 0.3) is 0 Å². The minimum absolute atomic E-state index is 0.600. The molecule has 1 heterocycles. The van der Waals surface area contributed by atoms with Gasteiger partial charge in [-0.25, -0.2) is 0 Å². The zero-order valence-corrected chi connectivity index (χ0v) is 7.74. The average Bonchev–Trinajstić information content (AvgIpc) is 2.41. The molecule has 0 radical (unpaired) electrons. The summed E-state index contributed by atoms with van der Waals surface area (Å²) in [6.07, 6.45) is 0. The summed E-state index contributed by atoms with van der Waals surface area (Å²) >= 11 is 11.6. The van der Waals surface area contributed by atoms with Crippen LogP contribution in [-0.4, -0.2) is 4.37 Å². The largest absolute Gasteiger partial charge is 0.181 e. The second kappa shape index (κ2) is 2.34. The summed E-state index contributed by atoms with van der Waals surface area (Å²) in [5.74, 6) is 0. The Morgan fingerprint density at radius 2 is 2.20 bits per heavy atom. The highest BCUT2D eigenvalue weighted by molar-refractivity contribution is 7.68. The van der Waals surface area contributed by atoms with E-state index in [1.165, 1.54) is 10.5 Å². The van der Waals surface area contributed by atoms with Gasteiger partial charge in [-0.1, -0.05) is 33.5 Å². The highest BCUT2D eigenvalue weighted by Crippen LogP contribution is 2.42. The molecule has 0 saturated carbocycles. The van der Waals surface area contributed by atoms with E-state index in [1.807, 2.05) is 0 Å². The van der Waals surface area contributed by atoms with Gasteiger partial charge in [-0.05, 0) is 6.07 Å². The van der Waals surface area contributed by atoms with E-state index in [9.17, 15) is 0 Å². The van der Waals surface area contributed by atoms with Crippen LogP contribution < -0.4 is 0 Å². The lowest BCUT2D eigenvalue weighted by Crippen LogP contribution is -1.60. The van der Waals surface area contributed by atoms with E-state index in [2.05, 4.69) is 4.37 Å². The third-order valence-corrected chi connectivity index (χ3v) is 3.93. The number of hydrogen-bond donors (Lipinski definition) is 0. The SMILES string of the molecule is Clc1cc2nssc-2c1Cl. The Labute approximate surface area is 75.1 Å². The highest BCUT2D eigenvalue weighted by Gasteiger charge is 2.15. The third-order valence-electron chi connectivity index (χ3n) is 1.16. The quantitative estimate of drug-likeness (QED) is 0.605. The minimum Gasteiger partial charge on any atom is -0.181 e. The maximum Gasteiger partial charge on any atom is 0.0980 e. The maximum absolute atomic E-state index is 5.83. The monoisotopic (exact) mass is 209 g/mol.